The van der Waals surface area contributed by atoms with E-state index in [1.807, 2.05) is 0 Å². The maximum atomic E-state index is 13.3. The molecule has 1 heterocycles. The van der Waals surface area contributed by atoms with Crippen molar-refractivity contribution in [3.63, 3.8) is 0 Å². The van der Waals surface area contributed by atoms with Gasteiger partial charge >= 0.3 is 0 Å². The Morgan fingerprint density at radius 3 is 2.00 bits per heavy atom. The van der Waals surface area contributed by atoms with E-state index in [2.05, 4.69) is 15.6 Å². The molecule has 0 spiro atoms. The standard InChI is InChI=1S/C26H38N4O10S/c31-9-1-6-27-24-18-12-16(28-14-22(35)25(37)26(38)23(36)15-34)2-4-20(18)29-21-5-3-17(13-19(21)24)41(39,40)30(7-10-32)8-11-33/h2-5,12-13,22-23,25-26,28,31-38H,1,6-11,14-15H2,(H,27,29)/t22-,23+,25+,26+/m0/s1. The molecule has 0 saturated carbocycles. The van der Waals surface area contributed by atoms with E-state index in [0.29, 0.717) is 46.1 Å². The van der Waals surface area contributed by atoms with Crippen LogP contribution >= 0.6 is 0 Å². The van der Waals surface area contributed by atoms with Gasteiger partial charge in [-0.25, -0.2) is 13.4 Å². The maximum Gasteiger partial charge on any atom is 0.243 e. The molecule has 0 amide bonds. The lowest BCUT2D eigenvalue weighted by Crippen LogP contribution is -2.47. The highest BCUT2D eigenvalue weighted by Crippen LogP contribution is 2.34. The molecule has 14 nitrogen and oxygen atoms in total. The highest BCUT2D eigenvalue weighted by molar-refractivity contribution is 7.89. The van der Waals surface area contributed by atoms with Crippen molar-refractivity contribution < 1.29 is 49.3 Å². The Kier molecular flexibility index (Phi) is 12.0. The monoisotopic (exact) mass is 598 g/mol. The smallest absolute Gasteiger partial charge is 0.243 e. The van der Waals surface area contributed by atoms with Crippen molar-refractivity contribution in [1.29, 1.82) is 0 Å². The molecule has 0 radical (unpaired) electrons. The summed E-state index contributed by atoms with van der Waals surface area (Å²) in [5.41, 5.74) is 2.09. The fraction of sp³-hybridized carbons (Fsp3) is 0.500. The van der Waals surface area contributed by atoms with Gasteiger partial charge in [-0.2, -0.15) is 4.31 Å². The van der Waals surface area contributed by atoms with Crippen LogP contribution in [0.5, 0.6) is 0 Å². The van der Waals surface area contributed by atoms with Crippen molar-refractivity contribution in [2.75, 3.05) is 63.2 Å². The molecule has 0 saturated heterocycles. The summed E-state index contributed by atoms with van der Waals surface area (Å²) in [6.45, 7) is -1.95. The number of nitrogens with one attached hydrogen (secondary N) is 2. The molecule has 0 bridgehead atoms. The largest absolute Gasteiger partial charge is 0.396 e. The fourth-order valence-corrected chi connectivity index (χ4v) is 5.75. The number of aliphatic hydroxyl groups is 8. The topological polar surface area (TPSA) is 236 Å². The Balaban J connectivity index is 2.03. The lowest BCUT2D eigenvalue weighted by molar-refractivity contribution is -0.111. The first kappa shape index (κ1) is 32.8. The molecule has 0 aliphatic heterocycles. The number of nitrogens with zero attached hydrogens (tertiary/aromatic N) is 2. The third-order valence-electron chi connectivity index (χ3n) is 6.56. The molecule has 10 N–H and O–H groups in total. The molecule has 15 heteroatoms. The predicted octanol–water partition coefficient (Wildman–Crippen LogP) is -1.99. The lowest BCUT2D eigenvalue weighted by Gasteiger charge is -2.26. The van der Waals surface area contributed by atoms with Crippen LogP contribution in [0.4, 0.5) is 11.4 Å². The predicted molar refractivity (Wildman–Crippen MR) is 152 cm³/mol. The minimum atomic E-state index is -4.06. The van der Waals surface area contributed by atoms with Crippen LogP contribution in [0.25, 0.3) is 21.8 Å². The summed E-state index contributed by atoms with van der Waals surface area (Å²) in [6, 6.07) is 9.50. The number of aromatic nitrogens is 1. The maximum absolute atomic E-state index is 13.3. The van der Waals surface area contributed by atoms with E-state index in [-0.39, 0.29) is 31.1 Å². The summed E-state index contributed by atoms with van der Waals surface area (Å²) in [5.74, 6) is 0. The summed E-state index contributed by atoms with van der Waals surface area (Å²) in [7, 11) is -4.06. The normalized spacial score (nSPS) is 15.2. The molecular formula is C26H38N4O10S. The van der Waals surface area contributed by atoms with Gasteiger partial charge in [0.15, 0.2) is 0 Å². The van der Waals surface area contributed by atoms with Gasteiger partial charge in [-0.05, 0) is 42.8 Å². The van der Waals surface area contributed by atoms with E-state index < -0.39 is 54.3 Å². The number of sulfonamides is 1. The first-order valence-corrected chi connectivity index (χ1v) is 14.5. The number of benzene rings is 2. The summed E-state index contributed by atoms with van der Waals surface area (Å²) in [4.78, 5) is 4.58. The molecule has 1 aromatic heterocycles. The van der Waals surface area contributed by atoms with E-state index in [0.717, 1.165) is 4.31 Å². The SMILES string of the molecule is O=S(=O)(c1ccc2nc3ccc(NC[C@H](O)[C@@H](O)[C@H](O)[C@H](O)CO)cc3c(NCCCO)c2c1)N(CCO)CCO. The summed E-state index contributed by atoms with van der Waals surface area (Å²) >= 11 is 0. The van der Waals surface area contributed by atoms with Crippen LogP contribution in [0.1, 0.15) is 6.42 Å². The Labute approximate surface area is 237 Å². The molecule has 41 heavy (non-hydrogen) atoms. The Morgan fingerprint density at radius 2 is 1.39 bits per heavy atom. The Bertz CT molecular complexity index is 1390. The summed E-state index contributed by atoms with van der Waals surface area (Å²) < 4.78 is 27.6. The molecule has 0 aliphatic rings. The number of aliphatic hydroxyl groups excluding tert-OH is 8. The van der Waals surface area contributed by atoms with Crippen LogP contribution in [-0.2, 0) is 10.0 Å². The van der Waals surface area contributed by atoms with Gasteiger partial charge in [-0.3, -0.25) is 0 Å². The zero-order chi connectivity index (χ0) is 30.2. The van der Waals surface area contributed by atoms with Gasteiger partial charge in [0.25, 0.3) is 0 Å². The van der Waals surface area contributed by atoms with Gasteiger partial charge in [-0.15, -0.1) is 0 Å². The van der Waals surface area contributed by atoms with Crippen LogP contribution < -0.4 is 10.6 Å². The summed E-state index contributed by atoms with van der Waals surface area (Å²) in [6.07, 6.45) is -6.20. The summed E-state index contributed by atoms with van der Waals surface area (Å²) in [5, 5.41) is 83.9. The zero-order valence-corrected chi connectivity index (χ0v) is 23.2. The number of fused-ring (bicyclic) bond motifs is 2. The first-order chi connectivity index (χ1) is 19.6. The number of hydrogen-bond donors (Lipinski definition) is 10. The van der Waals surface area contributed by atoms with Gasteiger partial charge in [0.2, 0.25) is 10.0 Å². The molecule has 4 atom stereocenters. The van der Waals surface area contributed by atoms with Crippen molar-refractivity contribution in [3.8, 4) is 0 Å². The fourth-order valence-electron chi connectivity index (χ4n) is 4.31. The van der Waals surface area contributed by atoms with Crippen LogP contribution in [0.2, 0.25) is 0 Å². The molecule has 2 aromatic carbocycles. The van der Waals surface area contributed by atoms with Crippen molar-refractivity contribution in [2.24, 2.45) is 0 Å². The molecule has 0 aliphatic carbocycles. The quantitative estimate of drug-likeness (QED) is 0.0599. The highest BCUT2D eigenvalue weighted by Gasteiger charge is 2.30. The molecular weight excluding hydrogens is 560 g/mol. The van der Waals surface area contributed by atoms with E-state index in [1.165, 1.54) is 12.1 Å². The second-order valence-corrected chi connectivity index (χ2v) is 11.4. The van der Waals surface area contributed by atoms with Crippen molar-refractivity contribution in [2.45, 2.75) is 35.7 Å². The van der Waals surface area contributed by atoms with Crippen LogP contribution in [0, 0.1) is 0 Å². The Morgan fingerprint density at radius 1 is 0.780 bits per heavy atom. The number of hydrogen-bond acceptors (Lipinski definition) is 13. The van der Waals surface area contributed by atoms with Crippen molar-refractivity contribution in [3.05, 3.63) is 36.4 Å². The molecule has 3 aromatic rings. The molecule has 228 valence electrons. The third-order valence-corrected chi connectivity index (χ3v) is 8.45. The molecule has 0 fully saturated rings. The van der Waals surface area contributed by atoms with Gasteiger partial charge in [0.05, 0.1) is 47.5 Å². The van der Waals surface area contributed by atoms with Gasteiger partial charge in [-0.1, -0.05) is 0 Å². The van der Waals surface area contributed by atoms with Crippen molar-refractivity contribution in [1.82, 2.24) is 9.29 Å². The second-order valence-electron chi connectivity index (χ2n) is 9.43. The van der Waals surface area contributed by atoms with Crippen LogP contribution in [-0.4, -0.2) is 136 Å². The van der Waals surface area contributed by atoms with E-state index in [1.54, 1.807) is 24.3 Å². The second kappa shape index (κ2) is 15.0. The molecule has 3 rings (SSSR count). The highest BCUT2D eigenvalue weighted by atomic mass is 32.2. The van der Waals surface area contributed by atoms with Gasteiger partial charge < -0.3 is 51.5 Å². The number of pyridine rings is 1. The third kappa shape index (κ3) is 7.78. The molecule has 0 unspecified atom stereocenters. The first-order valence-electron chi connectivity index (χ1n) is 13.1. The Hall–Kier alpha value is -2.70. The van der Waals surface area contributed by atoms with E-state index >= 15 is 0 Å². The van der Waals surface area contributed by atoms with Gasteiger partial charge in [0.1, 0.15) is 18.3 Å². The van der Waals surface area contributed by atoms with E-state index in [4.69, 9.17) is 5.11 Å². The minimum absolute atomic E-state index is 0.0618. The van der Waals surface area contributed by atoms with E-state index in [9.17, 15) is 44.2 Å². The number of anilines is 2. The average Bonchev–Trinajstić information content (AvgIpc) is 2.97. The van der Waals surface area contributed by atoms with Crippen molar-refractivity contribution >= 4 is 43.2 Å². The number of rotatable bonds is 17. The van der Waals surface area contributed by atoms with Crippen LogP contribution in [0.3, 0.4) is 0 Å². The zero-order valence-electron chi connectivity index (χ0n) is 22.3. The van der Waals surface area contributed by atoms with Crippen LogP contribution in [0.15, 0.2) is 41.3 Å². The van der Waals surface area contributed by atoms with Gasteiger partial charge in [0, 0.05) is 49.2 Å². The lowest BCUT2D eigenvalue weighted by atomic mass is 10.0. The minimum Gasteiger partial charge on any atom is -0.396 e. The average molecular weight is 599 g/mol.